The quantitative estimate of drug-likeness (QED) is 0.825. The Kier molecular flexibility index (Phi) is 4.19. The number of hydrogen-bond acceptors (Lipinski definition) is 3. The highest BCUT2D eigenvalue weighted by molar-refractivity contribution is 5.80. The van der Waals surface area contributed by atoms with E-state index in [4.69, 9.17) is 5.11 Å². The molecular weight excluding hydrogens is 246 g/mol. The monoisotopic (exact) mass is 265 g/mol. The first kappa shape index (κ1) is 13.6. The molecule has 0 unspecified atom stereocenters. The molecule has 1 aliphatic rings. The van der Waals surface area contributed by atoms with Gasteiger partial charge in [-0.15, -0.1) is 0 Å². The van der Waals surface area contributed by atoms with Gasteiger partial charge in [-0.1, -0.05) is 0 Å². The Balaban J connectivity index is 1.72. The number of aliphatic carboxylic acids is 1. The van der Waals surface area contributed by atoms with Gasteiger partial charge in [0, 0.05) is 18.7 Å². The molecule has 1 amide bonds. The molecule has 1 aromatic rings. The van der Waals surface area contributed by atoms with E-state index in [2.05, 4.69) is 10.4 Å². The van der Waals surface area contributed by atoms with Gasteiger partial charge in [-0.25, -0.2) is 0 Å². The van der Waals surface area contributed by atoms with Crippen LogP contribution in [0.4, 0.5) is 0 Å². The molecule has 1 heterocycles. The van der Waals surface area contributed by atoms with E-state index in [1.807, 2.05) is 13.1 Å². The van der Waals surface area contributed by atoms with Gasteiger partial charge in [0.15, 0.2) is 0 Å². The maximum atomic E-state index is 11.9. The number of aryl methyl sites for hydroxylation is 1. The molecule has 1 fully saturated rings. The fourth-order valence-corrected chi connectivity index (χ4v) is 2.47. The molecule has 19 heavy (non-hydrogen) atoms. The van der Waals surface area contributed by atoms with Crippen LogP contribution in [0.5, 0.6) is 0 Å². The summed E-state index contributed by atoms with van der Waals surface area (Å²) in [7, 11) is 0. The van der Waals surface area contributed by atoms with Crippen molar-refractivity contribution >= 4 is 11.9 Å². The van der Waals surface area contributed by atoms with Crippen LogP contribution in [0, 0.1) is 18.8 Å². The minimum Gasteiger partial charge on any atom is -0.481 e. The standard InChI is InChI=1S/C13H19N3O3/c1-9-7-15-16(8-9)5-4-14-12(17)10-2-3-11(6-10)13(18)19/h7-8,10-11H,2-6H2,1H3,(H,14,17)(H,18,19)/t10-,11+/m0/s1. The summed E-state index contributed by atoms with van der Waals surface area (Å²) in [4.78, 5) is 22.7. The number of nitrogens with one attached hydrogen (secondary N) is 1. The molecule has 2 atom stereocenters. The Labute approximate surface area is 111 Å². The highest BCUT2D eigenvalue weighted by Gasteiger charge is 2.33. The van der Waals surface area contributed by atoms with Gasteiger partial charge in [0.2, 0.25) is 5.91 Å². The van der Waals surface area contributed by atoms with Gasteiger partial charge in [-0.3, -0.25) is 14.3 Å². The van der Waals surface area contributed by atoms with Crippen molar-refractivity contribution in [2.24, 2.45) is 11.8 Å². The lowest BCUT2D eigenvalue weighted by Gasteiger charge is -2.10. The molecule has 0 bridgehead atoms. The lowest BCUT2D eigenvalue weighted by molar-refractivity contribution is -0.141. The van der Waals surface area contributed by atoms with Gasteiger partial charge in [0.25, 0.3) is 0 Å². The van der Waals surface area contributed by atoms with E-state index < -0.39 is 5.97 Å². The lowest BCUT2D eigenvalue weighted by Crippen LogP contribution is -2.32. The largest absolute Gasteiger partial charge is 0.481 e. The summed E-state index contributed by atoms with van der Waals surface area (Å²) in [5.41, 5.74) is 1.09. The van der Waals surface area contributed by atoms with Gasteiger partial charge < -0.3 is 10.4 Å². The van der Waals surface area contributed by atoms with Gasteiger partial charge in [0.1, 0.15) is 0 Å². The Bertz CT molecular complexity index is 469. The maximum Gasteiger partial charge on any atom is 0.306 e. The second-order valence-electron chi connectivity index (χ2n) is 5.12. The summed E-state index contributed by atoms with van der Waals surface area (Å²) in [5, 5.41) is 15.9. The lowest BCUT2D eigenvalue weighted by atomic mass is 10.0. The minimum atomic E-state index is -0.790. The van der Waals surface area contributed by atoms with E-state index >= 15 is 0 Å². The van der Waals surface area contributed by atoms with Crippen LogP contribution in [0.3, 0.4) is 0 Å². The second kappa shape index (κ2) is 5.86. The third-order valence-corrected chi connectivity index (χ3v) is 3.56. The van der Waals surface area contributed by atoms with Crippen LogP contribution in [0.15, 0.2) is 12.4 Å². The average Bonchev–Trinajstić information content (AvgIpc) is 2.98. The predicted molar refractivity (Wildman–Crippen MR) is 68.4 cm³/mol. The molecule has 6 heteroatoms. The number of carbonyl (C=O) groups is 2. The van der Waals surface area contributed by atoms with Gasteiger partial charge in [-0.2, -0.15) is 5.10 Å². The van der Waals surface area contributed by atoms with Crippen molar-refractivity contribution in [2.75, 3.05) is 6.54 Å². The molecule has 104 valence electrons. The number of hydrogen-bond donors (Lipinski definition) is 2. The third kappa shape index (κ3) is 3.56. The molecule has 0 saturated heterocycles. The molecule has 1 aromatic heterocycles. The Morgan fingerprint density at radius 1 is 1.47 bits per heavy atom. The van der Waals surface area contributed by atoms with E-state index in [-0.39, 0.29) is 17.7 Å². The third-order valence-electron chi connectivity index (χ3n) is 3.56. The van der Waals surface area contributed by atoms with E-state index in [0.717, 1.165) is 5.56 Å². The first-order valence-corrected chi connectivity index (χ1v) is 6.56. The number of aromatic nitrogens is 2. The SMILES string of the molecule is Cc1cnn(CCNC(=O)[C@H]2CC[C@@H](C(=O)O)C2)c1. The predicted octanol–water partition coefficient (Wildman–Crippen LogP) is 0.809. The number of amides is 1. The summed E-state index contributed by atoms with van der Waals surface area (Å²) in [6.45, 7) is 3.12. The molecule has 2 N–H and O–H groups in total. The first-order valence-electron chi connectivity index (χ1n) is 6.56. The van der Waals surface area contributed by atoms with Crippen molar-refractivity contribution < 1.29 is 14.7 Å². The number of carboxylic acid groups (broad SMARTS) is 1. The molecule has 0 aliphatic heterocycles. The van der Waals surface area contributed by atoms with Crippen LogP contribution >= 0.6 is 0 Å². The molecule has 1 aliphatic carbocycles. The molecule has 0 aromatic carbocycles. The van der Waals surface area contributed by atoms with E-state index in [1.165, 1.54) is 0 Å². The molecule has 0 radical (unpaired) electrons. The average molecular weight is 265 g/mol. The fraction of sp³-hybridized carbons (Fsp3) is 0.615. The first-order chi connectivity index (χ1) is 9.06. The zero-order valence-corrected chi connectivity index (χ0v) is 11.0. The fourth-order valence-electron chi connectivity index (χ4n) is 2.47. The van der Waals surface area contributed by atoms with Crippen molar-refractivity contribution in [3.05, 3.63) is 18.0 Å². The van der Waals surface area contributed by atoms with Crippen LogP contribution in [-0.4, -0.2) is 33.3 Å². The summed E-state index contributed by atoms with van der Waals surface area (Å²) >= 11 is 0. The Morgan fingerprint density at radius 2 is 2.21 bits per heavy atom. The van der Waals surface area contributed by atoms with Gasteiger partial charge >= 0.3 is 5.97 Å². The minimum absolute atomic E-state index is 0.0346. The zero-order valence-electron chi connectivity index (χ0n) is 11.0. The summed E-state index contributed by atoms with van der Waals surface area (Å²) < 4.78 is 1.78. The number of rotatable bonds is 5. The topological polar surface area (TPSA) is 84.2 Å². The van der Waals surface area contributed by atoms with Crippen molar-refractivity contribution in [3.8, 4) is 0 Å². The van der Waals surface area contributed by atoms with Crippen LogP contribution in [-0.2, 0) is 16.1 Å². The number of carboxylic acids is 1. The van der Waals surface area contributed by atoms with Gasteiger partial charge in [-0.05, 0) is 31.7 Å². The molecule has 2 rings (SSSR count). The van der Waals surface area contributed by atoms with Crippen molar-refractivity contribution in [1.29, 1.82) is 0 Å². The highest BCUT2D eigenvalue weighted by atomic mass is 16.4. The Hall–Kier alpha value is -1.85. The Morgan fingerprint density at radius 3 is 2.79 bits per heavy atom. The molecular formula is C13H19N3O3. The normalized spacial score (nSPS) is 22.4. The van der Waals surface area contributed by atoms with Crippen LogP contribution in [0.2, 0.25) is 0 Å². The van der Waals surface area contributed by atoms with Crippen LogP contribution < -0.4 is 5.32 Å². The molecule has 1 saturated carbocycles. The summed E-state index contributed by atoms with van der Waals surface area (Å²) in [5.74, 6) is -1.33. The zero-order chi connectivity index (χ0) is 13.8. The van der Waals surface area contributed by atoms with Crippen molar-refractivity contribution in [2.45, 2.75) is 32.7 Å². The molecule has 0 spiro atoms. The maximum absolute atomic E-state index is 11.9. The highest BCUT2D eigenvalue weighted by Crippen LogP contribution is 2.30. The number of carbonyl (C=O) groups excluding carboxylic acids is 1. The van der Waals surface area contributed by atoms with Crippen molar-refractivity contribution in [3.63, 3.8) is 0 Å². The van der Waals surface area contributed by atoms with Crippen LogP contribution in [0.1, 0.15) is 24.8 Å². The summed E-state index contributed by atoms with van der Waals surface area (Å²) in [6, 6.07) is 0. The van der Waals surface area contributed by atoms with Gasteiger partial charge in [0.05, 0.1) is 18.7 Å². The van der Waals surface area contributed by atoms with E-state index in [1.54, 1.807) is 10.9 Å². The summed E-state index contributed by atoms with van der Waals surface area (Å²) in [6.07, 6.45) is 5.43. The second-order valence-corrected chi connectivity index (χ2v) is 5.12. The molecule has 6 nitrogen and oxygen atoms in total. The van der Waals surface area contributed by atoms with Crippen LogP contribution in [0.25, 0.3) is 0 Å². The van der Waals surface area contributed by atoms with E-state index in [0.29, 0.717) is 32.4 Å². The smallest absolute Gasteiger partial charge is 0.306 e. The van der Waals surface area contributed by atoms with E-state index in [9.17, 15) is 9.59 Å². The van der Waals surface area contributed by atoms with Crippen molar-refractivity contribution in [1.82, 2.24) is 15.1 Å². The number of nitrogens with zero attached hydrogens (tertiary/aromatic N) is 2.